The minimum absolute atomic E-state index is 0.141. The van der Waals surface area contributed by atoms with Crippen LogP contribution in [-0.4, -0.2) is 57.5 Å². The number of hydrogen-bond acceptors (Lipinski definition) is 8. The number of fused-ring (bicyclic) bond motifs is 2. The maximum Gasteiger partial charge on any atom is 0.309 e. The van der Waals surface area contributed by atoms with E-state index in [1.165, 1.54) is 11.3 Å². The van der Waals surface area contributed by atoms with Gasteiger partial charge in [-0.05, 0) is 50.3 Å². The molecule has 1 fully saturated rings. The first-order valence-corrected chi connectivity index (χ1v) is 13.2. The van der Waals surface area contributed by atoms with Gasteiger partial charge in [0.25, 0.3) is 0 Å². The van der Waals surface area contributed by atoms with Crippen molar-refractivity contribution in [3.8, 4) is 0 Å². The highest BCUT2D eigenvalue weighted by Crippen LogP contribution is 2.38. The summed E-state index contributed by atoms with van der Waals surface area (Å²) in [5, 5.41) is 24.7. The van der Waals surface area contributed by atoms with Crippen LogP contribution in [0.1, 0.15) is 71.5 Å². The molecule has 0 aliphatic carbocycles. The third-order valence-corrected chi connectivity index (χ3v) is 8.23. The standard InChI is InChI=1S/C27H39NO6S/c1-14-9-20-10-16(3)25(33-20)17(4)26(32)27(6,7)23(30)12-24(31)34-22(11-21(14)29)15(2)8-19-13-35-18(5)28-19/h8-9,13,16-17,20-23,25,29-30H,10-12H2,1-7H3/t16-,17+,20+,21?,22-,23-,25-/m0/s1. The van der Waals surface area contributed by atoms with Crippen LogP contribution in [0.15, 0.2) is 22.6 Å². The number of hydrogen-bond donors (Lipinski definition) is 2. The summed E-state index contributed by atoms with van der Waals surface area (Å²) in [7, 11) is 0. The molecule has 3 rings (SSSR count). The lowest BCUT2D eigenvalue weighted by Gasteiger charge is -2.34. The van der Waals surface area contributed by atoms with Crippen LogP contribution < -0.4 is 0 Å². The highest BCUT2D eigenvalue weighted by atomic mass is 32.1. The monoisotopic (exact) mass is 505 g/mol. The maximum atomic E-state index is 13.4. The van der Waals surface area contributed by atoms with Gasteiger partial charge in [-0.2, -0.15) is 0 Å². The van der Waals surface area contributed by atoms with Crippen molar-refractivity contribution in [3.05, 3.63) is 33.3 Å². The molecule has 0 aromatic carbocycles. The van der Waals surface area contributed by atoms with Gasteiger partial charge >= 0.3 is 5.97 Å². The number of nitrogens with zero attached hydrogens (tertiary/aromatic N) is 1. The van der Waals surface area contributed by atoms with E-state index in [-0.39, 0.29) is 36.8 Å². The molecule has 7 atom stereocenters. The molecule has 2 N–H and O–H groups in total. The largest absolute Gasteiger partial charge is 0.458 e. The van der Waals surface area contributed by atoms with E-state index >= 15 is 0 Å². The fraction of sp³-hybridized carbons (Fsp3) is 0.667. The van der Waals surface area contributed by atoms with E-state index in [2.05, 4.69) is 11.9 Å². The molecule has 2 aliphatic rings. The van der Waals surface area contributed by atoms with Gasteiger partial charge < -0.3 is 19.7 Å². The molecule has 8 heteroatoms. The molecular formula is C27H39NO6S. The molecular weight excluding hydrogens is 466 g/mol. The van der Waals surface area contributed by atoms with Crippen LogP contribution in [0.2, 0.25) is 0 Å². The normalized spacial score (nSPS) is 35.2. The second kappa shape index (κ2) is 11.0. The Labute approximate surface area is 212 Å². The molecule has 35 heavy (non-hydrogen) atoms. The molecule has 2 bridgehead atoms. The molecule has 194 valence electrons. The van der Waals surface area contributed by atoms with Crippen LogP contribution in [0.4, 0.5) is 0 Å². The number of carbonyl (C=O) groups is 2. The number of aliphatic hydroxyl groups is 2. The summed E-state index contributed by atoms with van der Waals surface area (Å²) in [5.74, 6) is -1.06. The van der Waals surface area contributed by atoms with Gasteiger partial charge in [0.2, 0.25) is 0 Å². The Balaban J connectivity index is 1.95. The topological polar surface area (TPSA) is 106 Å². The summed E-state index contributed by atoms with van der Waals surface area (Å²) in [5.41, 5.74) is 1.09. The third kappa shape index (κ3) is 6.47. The zero-order valence-electron chi connectivity index (χ0n) is 21.8. The smallest absolute Gasteiger partial charge is 0.309 e. The number of aryl methyl sites for hydroxylation is 1. The number of rotatable bonds is 2. The molecule has 0 saturated carbocycles. The van der Waals surface area contributed by atoms with Gasteiger partial charge in [0.1, 0.15) is 11.9 Å². The first kappa shape index (κ1) is 27.7. The van der Waals surface area contributed by atoms with E-state index in [1.54, 1.807) is 13.8 Å². The fourth-order valence-corrected chi connectivity index (χ4v) is 5.59. The van der Waals surface area contributed by atoms with Gasteiger partial charge in [-0.15, -0.1) is 11.3 Å². The Kier molecular flexibility index (Phi) is 8.73. The van der Waals surface area contributed by atoms with Crippen LogP contribution in [0.25, 0.3) is 6.08 Å². The Hall–Kier alpha value is -1.87. The van der Waals surface area contributed by atoms with Crippen LogP contribution in [0.5, 0.6) is 0 Å². The number of Topliss-reactive ketones (excluding diaryl/α,β-unsaturated/α-hetero) is 1. The molecule has 1 saturated heterocycles. The first-order chi connectivity index (χ1) is 16.3. The number of thiazole rings is 1. The molecule has 2 aliphatic heterocycles. The number of esters is 1. The van der Waals surface area contributed by atoms with Crippen molar-refractivity contribution >= 4 is 29.2 Å². The molecule has 7 nitrogen and oxygen atoms in total. The number of carbonyl (C=O) groups excluding carboxylic acids is 2. The lowest BCUT2D eigenvalue weighted by molar-refractivity contribution is -0.155. The van der Waals surface area contributed by atoms with Crippen LogP contribution in [0, 0.1) is 24.2 Å². The average Bonchev–Trinajstić information content (AvgIpc) is 3.35. The van der Waals surface area contributed by atoms with Gasteiger partial charge in [0.05, 0.1) is 47.0 Å². The molecule has 0 radical (unpaired) electrons. The lowest BCUT2D eigenvalue weighted by Crippen LogP contribution is -2.45. The predicted octanol–water partition coefficient (Wildman–Crippen LogP) is 4.25. The van der Waals surface area contributed by atoms with Crippen molar-refractivity contribution in [2.24, 2.45) is 17.3 Å². The minimum Gasteiger partial charge on any atom is -0.458 e. The van der Waals surface area contributed by atoms with E-state index in [9.17, 15) is 19.8 Å². The van der Waals surface area contributed by atoms with E-state index in [0.717, 1.165) is 28.3 Å². The van der Waals surface area contributed by atoms with Gasteiger partial charge in [-0.25, -0.2) is 4.98 Å². The molecule has 1 aromatic rings. The average molecular weight is 506 g/mol. The number of aliphatic hydroxyl groups excluding tert-OH is 2. The fourth-order valence-electron chi connectivity index (χ4n) is 5.02. The Morgan fingerprint density at radius 2 is 1.89 bits per heavy atom. The zero-order valence-corrected chi connectivity index (χ0v) is 22.6. The minimum atomic E-state index is -1.21. The Morgan fingerprint density at radius 1 is 1.20 bits per heavy atom. The number of ether oxygens (including phenoxy) is 2. The zero-order chi connectivity index (χ0) is 26.1. The second-order valence-corrected chi connectivity index (χ2v) is 11.8. The summed E-state index contributed by atoms with van der Waals surface area (Å²) in [6.45, 7) is 12.8. The molecule has 3 heterocycles. The second-order valence-electron chi connectivity index (χ2n) is 10.8. The van der Waals surface area contributed by atoms with Crippen molar-refractivity contribution in [3.63, 3.8) is 0 Å². The SMILES string of the molecule is CC1=C[C@@H]2C[C@H](C)[C@H](O2)[C@@H](C)C(=O)C(C)(C)[C@@H](O)CC(=O)O[C@H](C(C)=Cc2csc(C)n2)CC1O. The molecule has 0 amide bonds. The highest BCUT2D eigenvalue weighted by Gasteiger charge is 2.45. The van der Waals surface area contributed by atoms with Gasteiger partial charge in [-0.3, -0.25) is 9.59 Å². The predicted molar refractivity (Wildman–Crippen MR) is 136 cm³/mol. The summed E-state index contributed by atoms with van der Waals surface area (Å²) in [6.07, 6.45) is 1.07. The van der Waals surface area contributed by atoms with Crippen LogP contribution >= 0.6 is 11.3 Å². The molecule has 1 aromatic heterocycles. The van der Waals surface area contributed by atoms with E-state index < -0.39 is 35.6 Å². The van der Waals surface area contributed by atoms with Gasteiger partial charge in [-0.1, -0.05) is 33.8 Å². The Morgan fingerprint density at radius 3 is 2.51 bits per heavy atom. The molecule has 0 spiro atoms. The van der Waals surface area contributed by atoms with E-state index in [0.29, 0.717) is 0 Å². The third-order valence-electron chi connectivity index (χ3n) is 7.44. The first-order valence-electron chi connectivity index (χ1n) is 12.3. The van der Waals surface area contributed by atoms with Crippen molar-refractivity contribution in [2.75, 3.05) is 0 Å². The van der Waals surface area contributed by atoms with Gasteiger partial charge in [0.15, 0.2) is 0 Å². The maximum absolute atomic E-state index is 13.4. The van der Waals surface area contributed by atoms with Crippen molar-refractivity contribution in [2.45, 2.75) is 98.2 Å². The number of aromatic nitrogens is 1. The summed E-state index contributed by atoms with van der Waals surface area (Å²) in [6, 6.07) is 0. The summed E-state index contributed by atoms with van der Waals surface area (Å²) < 4.78 is 12.0. The summed E-state index contributed by atoms with van der Waals surface area (Å²) in [4.78, 5) is 30.7. The van der Waals surface area contributed by atoms with Crippen molar-refractivity contribution < 1.29 is 29.3 Å². The van der Waals surface area contributed by atoms with E-state index in [1.807, 2.05) is 45.2 Å². The highest BCUT2D eigenvalue weighted by molar-refractivity contribution is 7.09. The van der Waals surface area contributed by atoms with Crippen molar-refractivity contribution in [1.29, 1.82) is 0 Å². The lowest BCUT2D eigenvalue weighted by atomic mass is 9.73. The van der Waals surface area contributed by atoms with Crippen molar-refractivity contribution in [1.82, 2.24) is 4.98 Å². The number of cyclic esters (lactones) is 1. The van der Waals surface area contributed by atoms with Crippen LogP contribution in [0.3, 0.4) is 0 Å². The number of ketones is 1. The van der Waals surface area contributed by atoms with Gasteiger partial charge in [0, 0.05) is 17.7 Å². The van der Waals surface area contributed by atoms with Crippen LogP contribution in [-0.2, 0) is 19.1 Å². The van der Waals surface area contributed by atoms with E-state index in [4.69, 9.17) is 9.47 Å². The quantitative estimate of drug-likeness (QED) is 0.457. The Bertz CT molecular complexity index is 996. The summed E-state index contributed by atoms with van der Waals surface area (Å²) >= 11 is 1.53. The molecule has 1 unspecified atom stereocenters.